The lowest BCUT2D eigenvalue weighted by Gasteiger charge is -2.32. The van der Waals surface area contributed by atoms with Gasteiger partial charge in [0.15, 0.2) is 16.6 Å². The van der Waals surface area contributed by atoms with Gasteiger partial charge in [0.2, 0.25) is 0 Å². The molecule has 0 aliphatic carbocycles. The maximum absolute atomic E-state index is 14.0. The average molecular weight is 577 g/mol. The Hall–Kier alpha value is -3.97. The third kappa shape index (κ3) is 5.59. The van der Waals surface area contributed by atoms with E-state index in [0.29, 0.717) is 32.4 Å². The summed E-state index contributed by atoms with van der Waals surface area (Å²) in [7, 11) is 0. The Bertz CT molecular complexity index is 1520. The molecule has 4 heterocycles. The largest absolute Gasteiger partial charge is 0.447 e. The summed E-state index contributed by atoms with van der Waals surface area (Å²) in [6, 6.07) is 4.30. The molecule has 1 fully saturated rings. The molecule has 0 unspecified atom stereocenters. The smallest absolute Gasteiger partial charge is 0.408 e. The van der Waals surface area contributed by atoms with E-state index in [0.717, 1.165) is 12.3 Å². The van der Waals surface area contributed by atoms with Crippen LogP contribution in [0.25, 0.3) is 5.57 Å². The minimum Gasteiger partial charge on any atom is -0.447 e. The first kappa shape index (κ1) is 26.6. The lowest BCUT2D eigenvalue weighted by molar-refractivity contribution is -0.112. The number of aromatic nitrogens is 3. The number of ketones is 1. The number of aliphatic imine (C=N–C) groups is 1. The lowest BCUT2D eigenvalue weighted by Crippen LogP contribution is -2.45. The van der Waals surface area contributed by atoms with Gasteiger partial charge in [0.25, 0.3) is 0 Å². The van der Waals surface area contributed by atoms with E-state index in [-0.39, 0.29) is 29.5 Å². The van der Waals surface area contributed by atoms with Gasteiger partial charge in [-0.1, -0.05) is 23.7 Å². The Morgan fingerprint density at radius 3 is 2.82 bits per heavy atom. The zero-order valence-electron chi connectivity index (χ0n) is 20.2. The molecule has 9 nitrogen and oxygen atoms in total. The summed E-state index contributed by atoms with van der Waals surface area (Å²) in [4.78, 5) is 33.0. The molecule has 0 bridgehead atoms. The number of halogens is 4. The van der Waals surface area contributed by atoms with Crippen LogP contribution in [0.5, 0.6) is 0 Å². The number of carbonyl (C=O) groups excluding carboxylic acids is 2. The van der Waals surface area contributed by atoms with Gasteiger partial charge in [-0.05, 0) is 31.2 Å². The second-order valence-corrected chi connectivity index (χ2v) is 10.1. The quantitative estimate of drug-likeness (QED) is 0.363. The van der Waals surface area contributed by atoms with E-state index >= 15 is 0 Å². The summed E-state index contributed by atoms with van der Waals surface area (Å²) in [5, 5.41) is 12.4. The van der Waals surface area contributed by atoms with E-state index in [9.17, 15) is 22.8 Å². The van der Waals surface area contributed by atoms with Gasteiger partial charge in [-0.3, -0.25) is 9.79 Å². The maximum atomic E-state index is 14.0. The Balaban J connectivity index is 1.72. The fraction of sp³-hybridized carbons (Fsp3) is 0.240. The predicted molar refractivity (Wildman–Crippen MR) is 138 cm³/mol. The average Bonchev–Trinajstić information content (AvgIpc) is 3.65. The normalized spacial score (nSPS) is 21.2. The van der Waals surface area contributed by atoms with Crippen LogP contribution >= 0.6 is 22.9 Å². The van der Waals surface area contributed by atoms with E-state index in [1.54, 1.807) is 11.6 Å². The van der Waals surface area contributed by atoms with Crippen LogP contribution < -0.4 is 10.6 Å². The molecule has 0 radical (unpaired) electrons. The molecule has 2 atom stereocenters. The molecule has 2 N–H and O–H groups in total. The molecule has 2 aliphatic heterocycles. The summed E-state index contributed by atoms with van der Waals surface area (Å²) in [5.74, 6) is -0.468. The van der Waals surface area contributed by atoms with Crippen molar-refractivity contribution in [3.05, 3.63) is 87.0 Å². The van der Waals surface area contributed by atoms with E-state index in [2.05, 4.69) is 20.7 Å². The summed E-state index contributed by atoms with van der Waals surface area (Å²) in [6.45, 7) is -1.64. The van der Waals surface area contributed by atoms with Crippen LogP contribution in [0.15, 0.2) is 64.9 Å². The highest BCUT2D eigenvalue weighted by atomic mass is 35.5. The van der Waals surface area contributed by atoms with Crippen LogP contribution in [0.2, 0.25) is 5.02 Å². The highest BCUT2D eigenvalue weighted by molar-refractivity contribution is 7.11. The highest BCUT2D eigenvalue weighted by Gasteiger charge is 2.41. The van der Waals surface area contributed by atoms with Gasteiger partial charge in [-0.25, -0.2) is 18.9 Å². The zero-order valence-corrected chi connectivity index (χ0v) is 21.8. The van der Waals surface area contributed by atoms with Crippen molar-refractivity contribution in [2.45, 2.75) is 31.5 Å². The fourth-order valence-electron chi connectivity index (χ4n) is 4.33. The molecule has 2 aliphatic rings. The van der Waals surface area contributed by atoms with Crippen molar-refractivity contribution in [1.29, 1.82) is 0 Å². The third-order valence-electron chi connectivity index (χ3n) is 6.04. The van der Waals surface area contributed by atoms with Gasteiger partial charge in [0, 0.05) is 46.1 Å². The number of rotatable bonds is 8. The van der Waals surface area contributed by atoms with E-state index < -0.39 is 30.0 Å². The lowest BCUT2D eigenvalue weighted by atomic mass is 9.86. The molecular weight excluding hydrogens is 557 g/mol. The number of cyclic esters (lactones) is 1. The van der Waals surface area contributed by atoms with Gasteiger partial charge in [-0.2, -0.15) is 13.9 Å². The Morgan fingerprint density at radius 1 is 1.38 bits per heavy atom. The van der Waals surface area contributed by atoms with Crippen molar-refractivity contribution in [2.75, 3.05) is 6.61 Å². The number of ether oxygens (including phenoxy) is 1. The van der Waals surface area contributed by atoms with Crippen LogP contribution in [0, 0.1) is 5.82 Å². The maximum Gasteiger partial charge on any atom is 0.408 e. The van der Waals surface area contributed by atoms with Crippen molar-refractivity contribution >= 4 is 46.2 Å². The first-order valence-corrected chi connectivity index (χ1v) is 12.8. The van der Waals surface area contributed by atoms with Gasteiger partial charge in [-0.15, -0.1) is 11.3 Å². The predicted octanol–water partition coefficient (Wildman–Crippen LogP) is 5.04. The molecule has 202 valence electrons. The summed E-state index contributed by atoms with van der Waals surface area (Å²) < 4.78 is 46.6. The number of thiazole rings is 1. The highest BCUT2D eigenvalue weighted by Crippen LogP contribution is 2.43. The molecule has 39 heavy (non-hydrogen) atoms. The molecule has 0 spiro atoms. The van der Waals surface area contributed by atoms with Crippen LogP contribution in [-0.4, -0.2) is 44.6 Å². The first-order chi connectivity index (χ1) is 18.6. The molecule has 2 aromatic heterocycles. The second kappa shape index (κ2) is 10.7. The molecule has 3 aromatic rings. The Kier molecular flexibility index (Phi) is 7.28. The van der Waals surface area contributed by atoms with Crippen LogP contribution in [0.3, 0.4) is 0 Å². The molecule has 14 heteroatoms. The number of allylic oxidation sites excluding steroid dienone is 1. The number of nitrogens with zero attached hydrogens (tertiary/aromatic N) is 4. The molecule has 1 amide bonds. The van der Waals surface area contributed by atoms with Crippen LogP contribution in [-0.2, 0) is 9.53 Å². The molecular formula is C25H20ClF3N6O3S. The number of hydrogen-bond acceptors (Lipinski definition) is 8. The number of amides is 1. The number of benzene rings is 1. The number of carbonyl (C=O) groups is 2. The van der Waals surface area contributed by atoms with E-state index in [1.807, 2.05) is 0 Å². The molecule has 1 aromatic carbocycles. The SMILES string of the molecule is CC(=O)/C=C/[C@]1(CC2=C(c3ccn(C(F)F)n3)[C@H](c3ccc(F)cc3Cl)N=C(c3nccs3)N2)COC(=O)N1. The number of hydrogen-bond donors (Lipinski definition) is 2. The van der Waals surface area contributed by atoms with Crippen molar-refractivity contribution in [1.82, 2.24) is 25.4 Å². The topological polar surface area (TPSA) is 110 Å². The monoisotopic (exact) mass is 576 g/mol. The zero-order chi connectivity index (χ0) is 27.7. The number of nitrogens with one attached hydrogen (secondary N) is 2. The van der Waals surface area contributed by atoms with Gasteiger partial charge >= 0.3 is 12.6 Å². The second-order valence-electron chi connectivity index (χ2n) is 8.84. The molecule has 1 saturated heterocycles. The molecule has 5 rings (SSSR count). The summed E-state index contributed by atoms with van der Waals surface area (Å²) in [5.41, 5.74) is 0.178. The van der Waals surface area contributed by atoms with E-state index in [1.165, 1.54) is 48.6 Å². The van der Waals surface area contributed by atoms with Crippen LogP contribution in [0.1, 0.15) is 42.2 Å². The molecule has 0 saturated carbocycles. The third-order valence-corrected chi connectivity index (χ3v) is 7.15. The van der Waals surface area contributed by atoms with Gasteiger partial charge in [0.05, 0.1) is 5.69 Å². The van der Waals surface area contributed by atoms with Crippen molar-refractivity contribution in [3.63, 3.8) is 0 Å². The number of alkyl carbamates (subject to hydrolysis) is 1. The van der Waals surface area contributed by atoms with Crippen LogP contribution in [0.4, 0.5) is 18.0 Å². The summed E-state index contributed by atoms with van der Waals surface area (Å²) in [6.07, 6.45) is 4.90. The standard InChI is InChI=1S/C25H20ClF3N6O3S/c1-13(36)4-6-25(12-38-24(37)33-25)11-18-19(17-5-8-35(34-17)23(28)29)20(15-3-2-14(27)10-16(15)26)32-21(31-18)22-30-7-9-39-22/h2-10,20,23H,11-12H2,1H3,(H,31,32)(H,33,37)/b6-4+/t20-,25-/m0/s1. The minimum absolute atomic E-state index is 0.0269. The van der Waals surface area contributed by atoms with Crippen molar-refractivity contribution in [3.8, 4) is 0 Å². The summed E-state index contributed by atoms with van der Waals surface area (Å²) >= 11 is 7.76. The number of alkyl halides is 2. The fourth-order valence-corrected chi connectivity index (χ4v) is 5.19. The van der Waals surface area contributed by atoms with Gasteiger partial charge < -0.3 is 15.4 Å². The van der Waals surface area contributed by atoms with E-state index in [4.69, 9.17) is 21.3 Å². The first-order valence-electron chi connectivity index (χ1n) is 11.6. The van der Waals surface area contributed by atoms with Crippen molar-refractivity contribution < 1.29 is 27.5 Å². The Labute approximate surface area is 229 Å². The Morgan fingerprint density at radius 2 is 2.21 bits per heavy atom. The van der Waals surface area contributed by atoms with Gasteiger partial charge in [0.1, 0.15) is 24.0 Å². The van der Waals surface area contributed by atoms with Crippen molar-refractivity contribution in [2.24, 2.45) is 4.99 Å². The number of amidine groups is 1. The minimum atomic E-state index is -2.89.